The van der Waals surface area contributed by atoms with E-state index >= 15 is 0 Å². The van der Waals surface area contributed by atoms with Crippen molar-refractivity contribution in [3.63, 3.8) is 0 Å². The van der Waals surface area contributed by atoms with E-state index in [1.807, 2.05) is 12.1 Å². The minimum absolute atomic E-state index is 0.597. The molecule has 0 aromatic carbocycles. The monoisotopic (exact) mass is 177 g/mol. The van der Waals surface area contributed by atoms with Crippen molar-refractivity contribution in [2.45, 2.75) is 12.8 Å². The smallest absolute Gasteiger partial charge is 0.125 e. The number of nitrogens with two attached hydrogens (primary N) is 1. The summed E-state index contributed by atoms with van der Waals surface area (Å²) < 4.78 is 0. The SMILES string of the molecule is CN(CC1CC1)c1ccnc(N)c1. The highest BCUT2D eigenvalue weighted by atomic mass is 15.1. The van der Waals surface area contributed by atoms with Gasteiger partial charge in [-0.05, 0) is 24.8 Å². The van der Waals surface area contributed by atoms with Gasteiger partial charge >= 0.3 is 0 Å². The summed E-state index contributed by atoms with van der Waals surface area (Å²) in [5.74, 6) is 1.50. The molecular formula is C10H15N3. The second kappa shape index (κ2) is 3.24. The van der Waals surface area contributed by atoms with Crippen LogP contribution in [0.2, 0.25) is 0 Å². The number of rotatable bonds is 3. The molecule has 3 nitrogen and oxygen atoms in total. The Kier molecular flexibility index (Phi) is 2.08. The lowest BCUT2D eigenvalue weighted by Gasteiger charge is -2.18. The van der Waals surface area contributed by atoms with E-state index < -0.39 is 0 Å². The average molecular weight is 177 g/mol. The van der Waals surface area contributed by atoms with Crippen molar-refractivity contribution >= 4 is 11.5 Å². The summed E-state index contributed by atoms with van der Waals surface area (Å²) in [4.78, 5) is 6.21. The Labute approximate surface area is 78.6 Å². The van der Waals surface area contributed by atoms with Gasteiger partial charge in [0.1, 0.15) is 5.82 Å². The van der Waals surface area contributed by atoms with E-state index in [4.69, 9.17) is 5.73 Å². The third-order valence-corrected chi connectivity index (χ3v) is 2.43. The first kappa shape index (κ1) is 8.35. The molecule has 1 aromatic rings. The lowest BCUT2D eigenvalue weighted by atomic mass is 10.3. The van der Waals surface area contributed by atoms with Crippen LogP contribution in [0.3, 0.4) is 0 Å². The van der Waals surface area contributed by atoms with Crippen LogP contribution in [0, 0.1) is 5.92 Å². The van der Waals surface area contributed by atoms with Gasteiger partial charge in [-0.25, -0.2) is 4.98 Å². The van der Waals surface area contributed by atoms with Crippen molar-refractivity contribution in [3.05, 3.63) is 18.3 Å². The maximum Gasteiger partial charge on any atom is 0.125 e. The molecule has 2 rings (SSSR count). The van der Waals surface area contributed by atoms with Crippen LogP contribution in [0.15, 0.2) is 18.3 Å². The van der Waals surface area contributed by atoms with Gasteiger partial charge in [0.2, 0.25) is 0 Å². The Bertz CT molecular complexity index is 294. The van der Waals surface area contributed by atoms with Crippen molar-refractivity contribution in [1.29, 1.82) is 0 Å². The van der Waals surface area contributed by atoms with E-state index in [2.05, 4.69) is 16.9 Å². The Morgan fingerprint density at radius 1 is 1.62 bits per heavy atom. The van der Waals surface area contributed by atoms with E-state index in [1.165, 1.54) is 18.5 Å². The van der Waals surface area contributed by atoms with Crippen LogP contribution in [-0.2, 0) is 0 Å². The van der Waals surface area contributed by atoms with Gasteiger partial charge in [-0.1, -0.05) is 0 Å². The number of aromatic nitrogens is 1. The topological polar surface area (TPSA) is 42.2 Å². The van der Waals surface area contributed by atoms with Gasteiger partial charge in [0.25, 0.3) is 0 Å². The van der Waals surface area contributed by atoms with Crippen LogP contribution >= 0.6 is 0 Å². The zero-order chi connectivity index (χ0) is 9.26. The van der Waals surface area contributed by atoms with Crippen LogP contribution in [0.4, 0.5) is 11.5 Å². The third-order valence-electron chi connectivity index (χ3n) is 2.43. The highest BCUT2D eigenvalue weighted by molar-refractivity contribution is 5.51. The first-order chi connectivity index (χ1) is 6.25. The zero-order valence-electron chi connectivity index (χ0n) is 7.90. The maximum atomic E-state index is 5.61. The molecule has 2 N–H and O–H groups in total. The van der Waals surface area contributed by atoms with Crippen LogP contribution < -0.4 is 10.6 Å². The minimum Gasteiger partial charge on any atom is -0.384 e. The van der Waals surface area contributed by atoms with Gasteiger partial charge in [0.15, 0.2) is 0 Å². The molecule has 0 spiro atoms. The predicted octanol–water partition coefficient (Wildman–Crippen LogP) is 1.51. The molecule has 0 amide bonds. The summed E-state index contributed by atoms with van der Waals surface area (Å²) in [6.45, 7) is 1.14. The molecule has 0 atom stereocenters. The van der Waals surface area contributed by atoms with Crippen molar-refractivity contribution in [1.82, 2.24) is 4.98 Å². The number of hydrogen-bond acceptors (Lipinski definition) is 3. The molecule has 1 saturated carbocycles. The third kappa shape index (κ3) is 2.11. The second-order valence-corrected chi connectivity index (χ2v) is 3.76. The molecule has 13 heavy (non-hydrogen) atoms. The number of nitrogen functional groups attached to an aromatic ring is 1. The van der Waals surface area contributed by atoms with E-state index in [0.717, 1.165) is 12.5 Å². The van der Waals surface area contributed by atoms with Crippen molar-refractivity contribution < 1.29 is 0 Å². The Balaban J connectivity index is 2.04. The summed E-state index contributed by atoms with van der Waals surface area (Å²) in [6, 6.07) is 3.92. The first-order valence-corrected chi connectivity index (χ1v) is 4.68. The molecule has 1 fully saturated rings. The van der Waals surface area contributed by atoms with Gasteiger partial charge in [-0.2, -0.15) is 0 Å². The molecule has 0 unspecified atom stereocenters. The van der Waals surface area contributed by atoms with Gasteiger partial charge < -0.3 is 10.6 Å². The number of pyridine rings is 1. The van der Waals surface area contributed by atoms with E-state index in [0.29, 0.717) is 5.82 Å². The second-order valence-electron chi connectivity index (χ2n) is 3.76. The fraction of sp³-hybridized carbons (Fsp3) is 0.500. The minimum atomic E-state index is 0.597. The van der Waals surface area contributed by atoms with E-state index in [1.54, 1.807) is 6.20 Å². The largest absolute Gasteiger partial charge is 0.384 e. The highest BCUT2D eigenvalue weighted by Crippen LogP contribution is 2.30. The van der Waals surface area contributed by atoms with E-state index in [9.17, 15) is 0 Å². The predicted molar refractivity (Wildman–Crippen MR) is 54.6 cm³/mol. The quantitative estimate of drug-likeness (QED) is 0.761. The van der Waals surface area contributed by atoms with Crippen LogP contribution in [0.25, 0.3) is 0 Å². The molecular weight excluding hydrogens is 162 g/mol. The first-order valence-electron chi connectivity index (χ1n) is 4.68. The standard InChI is InChI=1S/C10H15N3/c1-13(7-8-2-3-8)9-4-5-12-10(11)6-9/h4-6,8H,2-3,7H2,1H3,(H2,11,12). The van der Waals surface area contributed by atoms with Crippen LogP contribution in [-0.4, -0.2) is 18.6 Å². The van der Waals surface area contributed by atoms with Crippen molar-refractivity contribution in [2.75, 3.05) is 24.2 Å². The fourth-order valence-corrected chi connectivity index (χ4v) is 1.47. The van der Waals surface area contributed by atoms with Crippen molar-refractivity contribution in [3.8, 4) is 0 Å². The molecule has 0 saturated heterocycles. The van der Waals surface area contributed by atoms with Crippen LogP contribution in [0.1, 0.15) is 12.8 Å². The van der Waals surface area contributed by atoms with Gasteiger partial charge in [0, 0.05) is 31.5 Å². The maximum absolute atomic E-state index is 5.61. The molecule has 0 radical (unpaired) electrons. The molecule has 3 heteroatoms. The molecule has 70 valence electrons. The number of nitrogens with zero attached hydrogens (tertiary/aromatic N) is 2. The Morgan fingerprint density at radius 2 is 2.38 bits per heavy atom. The number of hydrogen-bond donors (Lipinski definition) is 1. The van der Waals surface area contributed by atoms with Gasteiger partial charge in [-0.15, -0.1) is 0 Å². The fourth-order valence-electron chi connectivity index (χ4n) is 1.47. The molecule has 1 aromatic heterocycles. The molecule has 1 aliphatic rings. The normalized spacial score (nSPS) is 15.8. The molecule has 0 bridgehead atoms. The lowest BCUT2D eigenvalue weighted by Crippen LogP contribution is -2.19. The Morgan fingerprint density at radius 3 is 3.00 bits per heavy atom. The highest BCUT2D eigenvalue weighted by Gasteiger charge is 2.22. The lowest BCUT2D eigenvalue weighted by molar-refractivity contribution is 0.787. The zero-order valence-corrected chi connectivity index (χ0v) is 7.90. The molecule has 0 aliphatic heterocycles. The molecule has 1 aliphatic carbocycles. The Hall–Kier alpha value is -1.25. The van der Waals surface area contributed by atoms with Crippen LogP contribution in [0.5, 0.6) is 0 Å². The average Bonchev–Trinajstić information content (AvgIpc) is 2.88. The summed E-state index contributed by atoms with van der Waals surface area (Å²) in [5.41, 5.74) is 6.77. The summed E-state index contributed by atoms with van der Waals surface area (Å²) in [6.07, 6.45) is 4.52. The van der Waals surface area contributed by atoms with Gasteiger partial charge in [-0.3, -0.25) is 0 Å². The van der Waals surface area contributed by atoms with E-state index in [-0.39, 0.29) is 0 Å². The van der Waals surface area contributed by atoms with Crippen molar-refractivity contribution in [2.24, 2.45) is 5.92 Å². The number of anilines is 2. The summed E-state index contributed by atoms with van der Waals surface area (Å²) >= 11 is 0. The van der Waals surface area contributed by atoms with Gasteiger partial charge in [0.05, 0.1) is 0 Å². The summed E-state index contributed by atoms with van der Waals surface area (Å²) in [7, 11) is 2.10. The summed E-state index contributed by atoms with van der Waals surface area (Å²) in [5, 5.41) is 0. The molecule has 1 heterocycles.